The van der Waals surface area contributed by atoms with Crippen LogP contribution in [-0.4, -0.2) is 25.6 Å². The second kappa shape index (κ2) is 7.03. The molecule has 0 atom stereocenters. The first-order valence-electron chi connectivity index (χ1n) is 8.02. The average molecular weight is 364 g/mol. The number of amides is 1. The van der Waals surface area contributed by atoms with Crippen LogP contribution in [0, 0.1) is 0 Å². The first kappa shape index (κ1) is 17.1. The van der Waals surface area contributed by atoms with E-state index >= 15 is 0 Å². The summed E-state index contributed by atoms with van der Waals surface area (Å²) >= 11 is 1.56. The van der Waals surface area contributed by atoms with Crippen molar-refractivity contribution < 1.29 is 13.2 Å². The van der Waals surface area contributed by atoms with Gasteiger partial charge in [-0.25, -0.2) is 13.4 Å². The van der Waals surface area contributed by atoms with E-state index in [1.54, 1.807) is 17.4 Å². The fourth-order valence-electron chi connectivity index (χ4n) is 2.82. The van der Waals surface area contributed by atoms with Crippen molar-refractivity contribution in [2.24, 2.45) is 0 Å². The summed E-state index contributed by atoms with van der Waals surface area (Å²) in [5.74, 6) is -0.166. The Morgan fingerprint density at radius 2 is 1.92 bits per heavy atom. The van der Waals surface area contributed by atoms with Crippen LogP contribution in [0.4, 0.5) is 5.69 Å². The Bertz CT molecular complexity index is 814. The quantitative estimate of drug-likeness (QED) is 0.905. The highest BCUT2D eigenvalue weighted by molar-refractivity contribution is 7.90. The van der Waals surface area contributed by atoms with Crippen molar-refractivity contribution in [3.05, 3.63) is 39.7 Å². The van der Waals surface area contributed by atoms with Crippen LogP contribution in [0.2, 0.25) is 0 Å². The van der Waals surface area contributed by atoms with E-state index < -0.39 is 9.84 Å². The van der Waals surface area contributed by atoms with E-state index in [2.05, 4.69) is 10.3 Å². The normalized spacial score (nSPS) is 15.2. The number of rotatable bonds is 3. The molecule has 7 heteroatoms. The van der Waals surface area contributed by atoms with Gasteiger partial charge in [-0.3, -0.25) is 4.79 Å². The number of fused-ring (bicyclic) bond motifs is 1. The van der Waals surface area contributed by atoms with E-state index in [9.17, 15) is 13.2 Å². The monoisotopic (exact) mass is 364 g/mol. The Balaban J connectivity index is 1.74. The number of nitrogens with one attached hydrogen (secondary N) is 1. The predicted molar refractivity (Wildman–Crippen MR) is 95.5 cm³/mol. The molecule has 0 aliphatic heterocycles. The van der Waals surface area contributed by atoms with Crippen LogP contribution in [0.25, 0.3) is 0 Å². The molecule has 1 N–H and O–H groups in total. The number of hydrogen-bond donors (Lipinski definition) is 1. The summed E-state index contributed by atoms with van der Waals surface area (Å²) in [6, 6.07) is 4.96. The molecule has 0 spiro atoms. The molecule has 5 nitrogen and oxygen atoms in total. The fourth-order valence-corrected chi connectivity index (χ4v) is 4.53. The number of pyridine rings is 1. The van der Waals surface area contributed by atoms with Crippen molar-refractivity contribution in [3.63, 3.8) is 0 Å². The first-order valence-corrected chi connectivity index (χ1v) is 10.7. The van der Waals surface area contributed by atoms with Gasteiger partial charge in [-0.2, -0.15) is 0 Å². The van der Waals surface area contributed by atoms with E-state index in [0.29, 0.717) is 10.6 Å². The van der Waals surface area contributed by atoms with Gasteiger partial charge in [0.25, 0.3) is 5.91 Å². The van der Waals surface area contributed by atoms with Gasteiger partial charge in [0, 0.05) is 11.1 Å². The minimum atomic E-state index is -3.33. The summed E-state index contributed by atoms with van der Waals surface area (Å²) < 4.78 is 22.8. The van der Waals surface area contributed by atoms with E-state index in [4.69, 9.17) is 0 Å². The molecule has 128 valence electrons. The smallest absolute Gasteiger partial charge is 0.265 e. The standard InChI is InChI=1S/C17H20N2O3S2/c1-24(21,22)16-9-8-13(11-18-16)19-17(20)15-10-12-6-4-2-3-5-7-14(12)23-15/h8-11H,2-7H2,1H3,(H,19,20). The molecular formula is C17H20N2O3S2. The molecule has 0 radical (unpaired) electrons. The third-order valence-corrected chi connectivity index (χ3v) is 6.33. The van der Waals surface area contributed by atoms with Crippen LogP contribution in [0.3, 0.4) is 0 Å². The maximum atomic E-state index is 12.4. The molecule has 2 aromatic rings. The van der Waals surface area contributed by atoms with Gasteiger partial charge in [0.1, 0.15) is 0 Å². The Labute approximate surface area is 146 Å². The van der Waals surface area contributed by atoms with Gasteiger partial charge in [-0.15, -0.1) is 11.3 Å². The lowest BCUT2D eigenvalue weighted by Crippen LogP contribution is -2.11. The Morgan fingerprint density at radius 3 is 2.58 bits per heavy atom. The summed E-state index contributed by atoms with van der Waals surface area (Å²) in [6.07, 6.45) is 9.47. The SMILES string of the molecule is CS(=O)(=O)c1ccc(NC(=O)c2cc3c(s2)CCCCCC3)cn1. The Hall–Kier alpha value is -1.73. The summed E-state index contributed by atoms with van der Waals surface area (Å²) in [5, 5.41) is 2.79. The van der Waals surface area contributed by atoms with Crippen molar-refractivity contribution in [1.82, 2.24) is 4.98 Å². The van der Waals surface area contributed by atoms with Crippen LogP contribution in [0.5, 0.6) is 0 Å². The van der Waals surface area contributed by atoms with Gasteiger partial charge >= 0.3 is 0 Å². The minimum absolute atomic E-state index is 0.000383. The van der Waals surface area contributed by atoms with Crippen molar-refractivity contribution in [2.75, 3.05) is 11.6 Å². The summed E-state index contributed by atoms with van der Waals surface area (Å²) in [5.41, 5.74) is 1.80. The van der Waals surface area contributed by atoms with Gasteiger partial charge in [0.05, 0.1) is 16.8 Å². The summed E-state index contributed by atoms with van der Waals surface area (Å²) in [4.78, 5) is 18.4. The third kappa shape index (κ3) is 4.02. The topological polar surface area (TPSA) is 76.1 Å². The average Bonchev–Trinajstić information content (AvgIpc) is 2.89. The molecule has 0 saturated heterocycles. The largest absolute Gasteiger partial charge is 0.320 e. The number of anilines is 1. The fraction of sp³-hybridized carbons (Fsp3) is 0.412. The zero-order valence-corrected chi connectivity index (χ0v) is 15.2. The van der Waals surface area contributed by atoms with Crippen LogP contribution >= 0.6 is 11.3 Å². The molecule has 0 fully saturated rings. The van der Waals surface area contributed by atoms with Crippen molar-refractivity contribution in [1.29, 1.82) is 0 Å². The van der Waals surface area contributed by atoms with Crippen molar-refractivity contribution in [3.8, 4) is 0 Å². The van der Waals surface area contributed by atoms with Gasteiger partial charge in [0.15, 0.2) is 14.9 Å². The van der Waals surface area contributed by atoms with Gasteiger partial charge < -0.3 is 5.32 Å². The highest BCUT2D eigenvalue weighted by atomic mass is 32.2. The zero-order chi connectivity index (χ0) is 17.2. The summed E-state index contributed by atoms with van der Waals surface area (Å²) in [7, 11) is -3.33. The molecule has 0 bridgehead atoms. The maximum absolute atomic E-state index is 12.4. The molecular weight excluding hydrogens is 344 g/mol. The molecule has 0 unspecified atom stereocenters. The second-order valence-corrected chi connectivity index (χ2v) is 9.18. The lowest BCUT2D eigenvalue weighted by atomic mass is 10.00. The van der Waals surface area contributed by atoms with E-state index in [-0.39, 0.29) is 10.9 Å². The van der Waals surface area contributed by atoms with Crippen LogP contribution in [-0.2, 0) is 22.7 Å². The van der Waals surface area contributed by atoms with Crippen LogP contribution in [0.15, 0.2) is 29.4 Å². The molecule has 2 aromatic heterocycles. The lowest BCUT2D eigenvalue weighted by Gasteiger charge is -2.07. The molecule has 24 heavy (non-hydrogen) atoms. The van der Waals surface area contributed by atoms with Crippen molar-refractivity contribution >= 4 is 32.8 Å². The Morgan fingerprint density at radius 1 is 1.17 bits per heavy atom. The molecule has 0 saturated carbocycles. The van der Waals surface area contributed by atoms with Crippen LogP contribution < -0.4 is 5.32 Å². The number of carbonyl (C=O) groups excluding carboxylic acids is 1. The lowest BCUT2D eigenvalue weighted by molar-refractivity contribution is 0.103. The maximum Gasteiger partial charge on any atom is 0.265 e. The van der Waals surface area contributed by atoms with E-state index in [1.165, 1.54) is 48.4 Å². The van der Waals surface area contributed by atoms with E-state index in [1.807, 2.05) is 6.07 Å². The van der Waals surface area contributed by atoms with Gasteiger partial charge in [0.2, 0.25) is 0 Å². The second-order valence-electron chi connectivity index (χ2n) is 6.08. The molecule has 1 amide bonds. The van der Waals surface area contributed by atoms with E-state index in [0.717, 1.165) is 19.1 Å². The van der Waals surface area contributed by atoms with Crippen LogP contribution in [0.1, 0.15) is 45.8 Å². The number of aromatic nitrogens is 1. The highest BCUT2D eigenvalue weighted by Gasteiger charge is 2.16. The van der Waals surface area contributed by atoms with Gasteiger partial charge in [-0.05, 0) is 49.4 Å². The minimum Gasteiger partial charge on any atom is -0.320 e. The molecule has 0 aromatic carbocycles. The predicted octanol–water partition coefficient (Wildman–Crippen LogP) is 3.46. The molecule has 2 heterocycles. The molecule has 3 rings (SSSR count). The number of sulfone groups is 1. The molecule has 1 aliphatic rings. The first-order chi connectivity index (χ1) is 11.4. The number of thiophene rings is 1. The highest BCUT2D eigenvalue weighted by Crippen LogP contribution is 2.29. The summed E-state index contributed by atoms with van der Waals surface area (Å²) in [6.45, 7) is 0. The third-order valence-electron chi connectivity index (χ3n) is 4.09. The number of nitrogens with zero attached hydrogens (tertiary/aromatic N) is 1. The zero-order valence-electron chi connectivity index (χ0n) is 13.5. The number of aryl methyl sites for hydroxylation is 2. The number of hydrogen-bond acceptors (Lipinski definition) is 5. The number of carbonyl (C=O) groups is 1. The Kier molecular flexibility index (Phi) is 5.01. The molecule has 1 aliphatic carbocycles. The van der Waals surface area contributed by atoms with Crippen molar-refractivity contribution in [2.45, 2.75) is 43.6 Å². The van der Waals surface area contributed by atoms with Gasteiger partial charge in [-0.1, -0.05) is 12.8 Å².